The summed E-state index contributed by atoms with van der Waals surface area (Å²) in [5, 5.41) is 3.50. The molecule has 2 rings (SSSR count). The number of rotatable bonds is 4. The number of hydrogen-bond donors (Lipinski definition) is 1. The van der Waals surface area contributed by atoms with Crippen molar-refractivity contribution in [2.75, 3.05) is 40.8 Å². The molecule has 1 aromatic rings. The predicted molar refractivity (Wildman–Crippen MR) is 76.8 cm³/mol. The van der Waals surface area contributed by atoms with E-state index in [0.717, 1.165) is 19.6 Å². The van der Waals surface area contributed by atoms with Gasteiger partial charge in [-0.1, -0.05) is 30.3 Å². The summed E-state index contributed by atoms with van der Waals surface area (Å²) < 4.78 is 0. The van der Waals surface area contributed by atoms with E-state index in [9.17, 15) is 0 Å². The van der Waals surface area contributed by atoms with Crippen LogP contribution in [0.3, 0.4) is 0 Å². The van der Waals surface area contributed by atoms with Crippen LogP contribution < -0.4 is 5.32 Å². The maximum atomic E-state index is 3.50. The van der Waals surface area contributed by atoms with Crippen LogP contribution in [-0.4, -0.2) is 56.6 Å². The van der Waals surface area contributed by atoms with Crippen molar-refractivity contribution in [2.24, 2.45) is 0 Å². The minimum absolute atomic E-state index is 0.499. The molecular formula is C15H25N3. The van der Waals surface area contributed by atoms with Gasteiger partial charge in [-0.2, -0.15) is 0 Å². The lowest BCUT2D eigenvalue weighted by atomic mass is 9.97. The molecule has 1 aliphatic rings. The molecule has 2 unspecified atom stereocenters. The summed E-state index contributed by atoms with van der Waals surface area (Å²) in [6.07, 6.45) is 1.18. The second-order valence-electron chi connectivity index (χ2n) is 5.46. The summed E-state index contributed by atoms with van der Waals surface area (Å²) in [4.78, 5) is 4.81. The molecule has 1 aliphatic heterocycles. The number of nitrogens with one attached hydrogen (secondary N) is 1. The summed E-state index contributed by atoms with van der Waals surface area (Å²) in [5.74, 6) is 0. The molecule has 1 aromatic carbocycles. The maximum absolute atomic E-state index is 3.50. The second-order valence-corrected chi connectivity index (χ2v) is 5.46. The molecular weight excluding hydrogens is 222 g/mol. The van der Waals surface area contributed by atoms with Crippen molar-refractivity contribution in [3.05, 3.63) is 35.9 Å². The fourth-order valence-corrected chi connectivity index (χ4v) is 2.70. The van der Waals surface area contributed by atoms with Gasteiger partial charge in [0.1, 0.15) is 0 Å². The summed E-state index contributed by atoms with van der Waals surface area (Å²) >= 11 is 0. The first kappa shape index (κ1) is 13.5. The lowest BCUT2D eigenvalue weighted by Gasteiger charge is -2.37. The summed E-state index contributed by atoms with van der Waals surface area (Å²) in [6, 6.07) is 12.0. The molecule has 0 radical (unpaired) electrons. The van der Waals surface area contributed by atoms with Gasteiger partial charge in [0, 0.05) is 31.7 Å². The zero-order valence-corrected chi connectivity index (χ0v) is 11.8. The Morgan fingerprint density at radius 1 is 1.33 bits per heavy atom. The van der Waals surface area contributed by atoms with Crippen LogP contribution in [0.1, 0.15) is 18.0 Å². The zero-order chi connectivity index (χ0) is 13.0. The third-order valence-electron chi connectivity index (χ3n) is 3.95. The Kier molecular flexibility index (Phi) is 4.75. The van der Waals surface area contributed by atoms with Gasteiger partial charge in [-0.3, -0.25) is 0 Å². The summed E-state index contributed by atoms with van der Waals surface area (Å²) in [7, 11) is 6.59. The van der Waals surface area contributed by atoms with Crippen LogP contribution in [0, 0.1) is 0 Å². The van der Waals surface area contributed by atoms with Gasteiger partial charge in [0.25, 0.3) is 0 Å². The average Bonchev–Trinajstić information content (AvgIpc) is 2.38. The molecule has 1 N–H and O–H groups in total. The van der Waals surface area contributed by atoms with E-state index in [0.29, 0.717) is 12.1 Å². The molecule has 0 saturated carbocycles. The number of hydrogen-bond acceptors (Lipinski definition) is 3. The Morgan fingerprint density at radius 3 is 2.67 bits per heavy atom. The summed E-state index contributed by atoms with van der Waals surface area (Å²) in [5.41, 5.74) is 1.42. The zero-order valence-electron chi connectivity index (χ0n) is 11.8. The van der Waals surface area contributed by atoms with Crippen LogP contribution >= 0.6 is 0 Å². The van der Waals surface area contributed by atoms with Crippen molar-refractivity contribution in [3.63, 3.8) is 0 Å². The number of piperazine rings is 1. The van der Waals surface area contributed by atoms with Crippen LogP contribution in [0.4, 0.5) is 0 Å². The first-order valence-corrected chi connectivity index (χ1v) is 6.81. The Balaban J connectivity index is 2.07. The maximum Gasteiger partial charge on any atom is 0.0357 e. The minimum atomic E-state index is 0.499. The first-order chi connectivity index (χ1) is 8.68. The van der Waals surface area contributed by atoms with E-state index in [1.54, 1.807) is 0 Å². The van der Waals surface area contributed by atoms with Crippen molar-refractivity contribution in [3.8, 4) is 0 Å². The van der Waals surface area contributed by atoms with Crippen molar-refractivity contribution < 1.29 is 0 Å². The van der Waals surface area contributed by atoms with Crippen LogP contribution in [0.5, 0.6) is 0 Å². The second kappa shape index (κ2) is 6.32. The third kappa shape index (κ3) is 3.31. The molecule has 0 aliphatic carbocycles. The highest BCUT2D eigenvalue weighted by atomic mass is 15.2. The predicted octanol–water partition coefficient (Wildman–Crippen LogP) is 1.58. The average molecular weight is 247 g/mol. The highest BCUT2D eigenvalue weighted by Crippen LogP contribution is 2.25. The van der Waals surface area contributed by atoms with E-state index < -0.39 is 0 Å². The van der Waals surface area contributed by atoms with Crippen LogP contribution in [-0.2, 0) is 0 Å². The molecule has 1 heterocycles. The lowest BCUT2D eigenvalue weighted by Crippen LogP contribution is -2.50. The third-order valence-corrected chi connectivity index (χ3v) is 3.95. The fraction of sp³-hybridized carbons (Fsp3) is 0.600. The highest BCUT2D eigenvalue weighted by Gasteiger charge is 2.24. The van der Waals surface area contributed by atoms with Crippen LogP contribution in [0.25, 0.3) is 0 Å². The first-order valence-electron chi connectivity index (χ1n) is 6.81. The molecule has 0 amide bonds. The smallest absolute Gasteiger partial charge is 0.0357 e. The monoisotopic (exact) mass is 247 g/mol. The number of likely N-dealkylation sites (N-methyl/N-ethyl adjacent to an activating group) is 1. The number of nitrogens with zero attached hydrogens (tertiary/aromatic N) is 2. The fourth-order valence-electron chi connectivity index (χ4n) is 2.70. The molecule has 18 heavy (non-hydrogen) atoms. The Morgan fingerprint density at radius 2 is 2.06 bits per heavy atom. The van der Waals surface area contributed by atoms with E-state index in [-0.39, 0.29) is 0 Å². The van der Waals surface area contributed by atoms with E-state index in [4.69, 9.17) is 0 Å². The van der Waals surface area contributed by atoms with Crippen molar-refractivity contribution >= 4 is 0 Å². The quantitative estimate of drug-likeness (QED) is 0.871. The molecule has 100 valence electrons. The van der Waals surface area contributed by atoms with Gasteiger partial charge in [0.2, 0.25) is 0 Å². The summed E-state index contributed by atoms with van der Waals surface area (Å²) in [6.45, 7) is 3.37. The molecule has 3 nitrogen and oxygen atoms in total. The Labute approximate surface area is 111 Å². The lowest BCUT2D eigenvalue weighted by molar-refractivity contribution is 0.149. The molecule has 2 atom stereocenters. The van der Waals surface area contributed by atoms with Crippen molar-refractivity contribution in [1.82, 2.24) is 15.1 Å². The SMILES string of the molecule is CN(C)C(CC1CNCCN1C)c1ccccc1. The molecule has 0 bridgehead atoms. The molecule has 3 heteroatoms. The number of benzene rings is 1. The highest BCUT2D eigenvalue weighted by molar-refractivity contribution is 5.19. The van der Waals surface area contributed by atoms with Gasteiger partial charge in [-0.05, 0) is 33.1 Å². The standard InChI is InChI=1S/C15H25N3/c1-17(2)15(13-7-5-4-6-8-13)11-14-12-16-9-10-18(14)3/h4-8,14-16H,9-12H2,1-3H3. The van der Waals surface area contributed by atoms with E-state index >= 15 is 0 Å². The normalized spacial score (nSPS) is 23.2. The Hall–Kier alpha value is -0.900. The minimum Gasteiger partial charge on any atom is -0.314 e. The largest absolute Gasteiger partial charge is 0.314 e. The van der Waals surface area contributed by atoms with E-state index in [1.807, 2.05) is 0 Å². The topological polar surface area (TPSA) is 18.5 Å². The van der Waals surface area contributed by atoms with Gasteiger partial charge in [0.05, 0.1) is 0 Å². The molecule has 0 aromatic heterocycles. The van der Waals surface area contributed by atoms with E-state index in [2.05, 4.69) is 66.6 Å². The van der Waals surface area contributed by atoms with Gasteiger partial charge in [-0.25, -0.2) is 0 Å². The Bertz CT molecular complexity index is 350. The van der Waals surface area contributed by atoms with E-state index in [1.165, 1.54) is 12.0 Å². The van der Waals surface area contributed by atoms with Gasteiger partial charge >= 0.3 is 0 Å². The molecule has 0 spiro atoms. The van der Waals surface area contributed by atoms with Crippen LogP contribution in [0.15, 0.2) is 30.3 Å². The molecule has 1 saturated heterocycles. The molecule has 1 fully saturated rings. The van der Waals surface area contributed by atoms with Crippen LogP contribution in [0.2, 0.25) is 0 Å². The van der Waals surface area contributed by atoms with Gasteiger partial charge in [0.15, 0.2) is 0 Å². The van der Waals surface area contributed by atoms with Crippen molar-refractivity contribution in [2.45, 2.75) is 18.5 Å². The van der Waals surface area contributed by atoms with Gasteiger partial charge < -0.3 is 15.1 Å². The van der Waals surface area contributed by atoms with Gasteiger partial charge in [-0.15, -0.1) is 0 Å². The van der Waals surface area contributed by atoms with Crippen molar-refractivity contribution in [1.29, 1.82) is 0 Å².